The first-order valence-corrected chi connectivity index (χ1v) is 10.1. The molecule has 154 valence electrons. The predicted octanol–water partition coefficient (Wildman–Crippen LogP) is 2.94. The Bertz CT molecular complexity index is 1100. The molecule has 5 rings (SSSR count). The summed E-state index contributed by atoms with van der Waals surface area (Å²) in [5, 5.41) is 6.35. The van der Waals surface area contributed by atoms with E-state index in [4.69, 9.17) is 0 Å². The first-order chi connectivity index (χ1) is 13.2. The van der Waals surface area contributed by atoms with Gasteiger partial charge in [-0.05, 0) is 42.6 Å². The number of hydrogen-bond donors (Lipinski definition) is 2. The van der Waals surface area contributed by atoms with E-state index in [2.05, 4.69) is 15.6 Å². The predicted molar refractivity (Wildman–Crippen MR) is 120 cm³/mol. The van der Waals surface area contributed by atoms with E-state index in [1.165, 1.54) is 0 Å². The summed E-state index contributed by atoms with van der Waals surface area (Å²) in [6, 6.07) is 9.51. The molecule has 2 aliphatic rings. The fraction of sp³-hybridized carbons (Fsp3) is 0.350. The minimum absolute atomic E-state index is 0. The van der Waals surface area contributed by atoms with Crippen LogP contribution in [-0.2, 0) is 13.1 Å². The highest BCUT2D eigenvalue weighted by atomic mass is 35.5. The Kier molecular flexibility index (Phi) is 6.63. The van der Waals surface area contributed by atoms with Crippen molar-refractivity contribution in [2.24, 2.45) is 5.92 Å². The number of nitrogens with zero attached hydrogens (tertiary/aromatic N) is 2. The summed E-state index contributed by atoms with van der Waals surface area (Å²) in [5.41, 5.74) is 4.86. The molecule has 2 N–H and O–H groups in total. The van der Waals surface area contributed by atoms with Gasteiger partial charge in [-0.25, -0.2) is 4.98 Å². The van der Waals surface area contributed by atoms with Gasteiger partial charge in [0.15, 0.2) is 0 Å². The molecule has 2 aliphatic heterocycles. The van der Waals surface area contributed by atoms with E-state index in [9.17, 15) is 9.59 Å². The van der Waals surface area contributed by atoms with Crippen LogP contribution in [0.5, 0.6) is 0 Å². The van der Waals surface area contributed by atoms with Gasteiger partial charge in [-0.2, -0.15) is 0 Å². The van der Waals surface area contributed by atoms with E-state index in [1.54, 1.807) is 22.9 Å². The van der Waals surface area contributed by atoms with Crippen LogP contribution in [0.2, 0.25) is 0 Å². The first-order valence-electron chi connectivity index (χ1n) is 9.24. The number of hydrogen-bond acceptors (Lipinski definition) is 5. The number of rotatable bonds is 3. The number of nitrogens with one attached hydrogen (secondary N) is 2. The summed E-state index contributed by atoms with van der Waals surface area (Å²) < 4.78 is 2.89. The fourth-order valence-corrected chi connectivity index (χ4v) is 5.12. The van der Waals surface area contributed by atoms with E-state index in [1.807, 2.05) is 28.8 Å². The molecule has 0 spiro atoms. The summed E-state index contributed by atoms with van der Waals surface area (Å²) in [5.74, 6) is 0.521. The van der Waals surface area contributed by atoms with Gasteiger partial charge >= 0.3 is 0 Å². The van der Waals surface area contributed by atoms with E-state index in [0.29, 0.717) is 24.9 Å². The Balaban J connectivity index is 0.00000120. The SMILES string of the molecule is Cl.Cl.O=C(NCc1cccc2ncsc12)c1ccc2n(c1=O)C[C@@H]1CNC[C@H]2C1. The molecule has 2 bridgehead atoms. The van der Waals surface area contributed by atoms with Crippen molar-refractivity contribution in [3.05, 3.63) is 63.0 Å². The van der Waals surface area contributed by atoms with Crippen LogP contribution in [0.15, 0.2) is 40.6 Å². The molecule has 1 amide bonds. The molecule has 6 nitrogen and oxygen atoms in total. The third-order valence-corrected chi connectivity index (χ3v) is 6.55. The molecule has 9 heteroatoms. The molecule has 0 unspecified atom stereocenters. The van der Waals surface area contributed by atoms with Crippen LogP contribution < -0.4 is 16.2 Å². The third-order valence-electron chi connectivity index (χ3n) is 5.63. The van der Waals surface area contributed by atoms with Crippen molar-refractivity contribution < 1.29 is 4.79 Å². The molecule has 2 aromatic heterocycles. The van der Waals surface area contributed by atoms with Crippen LogP contribution in [-0.4, -0.2) is 28.5 Å². The van der Waals surface area contributed by atoms with Crippen molar-refractivity contribution in [3.63, 3.8) is 0 Å². The fourth-order valence-electron chi connectivity index (χ4n) is 4.32. The minimum atomic E-state index is -0.314. The highest BCUT2D eigenvalue weighted by Gasteiger charge is 2.31. The largest absolute Gasteiger partial charge is 0.348 e. The van der Waals surface area contributed by atoms with Gasteiger partial charge in [0.1, 0.15) is 5.56 Å². The molecule has 3 aromatic rings. The van der Waals surface area contributed by atoms with Crippen LogP contribution >= 0.6 is 36.2 Å². The number of fused-ring (bicyclic) bond motifs is 5. The number of carbonyl (C=O) groups excluding carboxylic acids is 1. The molecule has 1 fully saturated rings. The molecule has 0 aliphatic carbocycles. The van der Waals surface area contributed by atoms with E-state index in [-0.39, 0.29) is 41.8 Å². The standard InChI is InChI=1S/C20H20N4O2S.2ClH/c25-19(22-9-13-2-1-3-16-18(13)27-11-23-16)15-4-5-17-14-6-12(7-21-8-14)10-24(17)20(15)26;;/h1-5,11-12,14,21H,6-10H2,(H,22,25);2*1H/t12-,14+;;/m0../s1. The van der Waals surface area contributed by atoms with Crippen LogP contribution in [0.1, 0.15) is 34.0 Å². The number of benzene rings is 1. The molecule has 1 saturated heterocycles. The van der Waals surface area contributed by atoms with Crippen molar-refractivity contribution in [1.82, 2.24) is 20.2 Å². The summed E-state index contributed by atoms with van der Waals surface area (Å²) in [6.07, 6.45) is 1.12. The molecular formula is C20H22Cl2N4O2S. The zero-order valence-electron chi connectivity index (χ0n) is 15.6. The van der Waals surface area contributed by atoms with Gasteiger partial charge in [-0.3, -0.25) is 9.59 Å². The Morgan fingerprint density at radius 1 is 1.24 bits per heavy atom. The molecule has 0 saturated carbocycles. The van der Waals surface area contributed by atoms with Gasteiger partial charge in [0.25, 0.3) is 11.5 Å². The van der Waals surface area contributed by atoms with Crippen LogP contribution in [0.25, 0.3) is 10.2 Å². The second-order valence-electron chi connectivity index (χ2n) is 7.34. The quantitative estimate of drug-likeness (QED) is 0.640. The topological polar surface area (TPSA) is 76.0 Å². The van der Waals surface area contributed by atoms with Gasteiger partial charge in [-0.15, -0.1) is 36.2 Å². The summed E-state index contributed by atoms with van der Waals surface area (Å²) in [7, 11) is 0. The van der Waals surface area contributed by atoms with Crippen LogP contribution in [0.3, 0.4) is 0 Å². The van der Waals surface area contributed by atoms with Gasteiger partial charge in [-0.1, -0.05) is 12.1 Å². The lowest BCUT2D eigenvalue weighted by Gasteiger charge is -2.37. The van der Waals surface area contributed by atoms with E-state index in [0.717, 1.165) is 41.0 Å². The number of thiazole rings is 1. The Morgan fingerprint density at radius 2 is 2.10 bits per heavy atom. The number of piperidine rings is 1. The van der Waals surface area contributed by atoms with Crippen molar-refractivity contribution in [1.29, 1.82) is 0 Å². The number of aromatic nitrogens is 2. The van der Waals surface area contributed by atoms with Crippen molar-refractivity contribution >= 4 is 52.3 Å². The van der Waals surface area contributed by atoms with E-state index < -0.39 is 0 Å². The lowest BCUT2D eigenvalue weighted by Crippen LogP contribution is -2.46. The normalized spacial score (nSPS) is 19.6. The van der Waals surface area contributed by atoms with Crippen LogP contribution in [0, 0.1) is 5.92 Å². The van der Waals surface area contributed by atoms with Crippen molar-refractivity contribution in [3.8, 4) is 0 Å². The molecule has 0 radical (unpaired) electrons. The molecule has 4 heterocycles. The van der Waals surface area contributed by atoms with Gasteiger partial charge in [0, 0.05) is 31.2 Å². The van der Waals surface area contributed by atoms with Crippen molar-refractivity contribution in [2.75, 3.05) is 13.1 Å². The van der Waals surface area contributed by atoms with Crippen LogP contribution in [0.4, 0.5) is 0 Å². The Labute approximate surface area is 184 Å². The molecular weight excluding hydrogens is 431 g/mol. The Hall–Kier alpha value is -1.93. The smallest absolute Gasteiger partial charge is 0.263 e. The average Bonchev–Trinajstić information content (AvgIpc) is 3.17. The molecule has 2 atom stereocenters. The maximum Gasteiger partial charge on any atom is 0.263 e. The average molecular weight is 453 g/mol. The Morgan fingerprint density at radius 3 is 2.97 bits per heavy atom. The minimum Gasteiger partial charge on any atom is -0.348 e. The lowest BCUT2D eigenvalue weighted by molar-refractivity contribution is 0.0948. The van der Waals surface area contributed by atoms with E-state index >= 15 is 0 Å². The number of carbonyl (C=O) groups is 1. The number of amides is 1. The second kappa shape index (κ2) is 8.83. The maximum absolute atomic E-state index is 12.9. The number of pyridine rings is 1. The summed E-state index contributed by atoms with van der Waals surface area (Å²) in [4.78, 5) is 29.9. The lowest BCUT2D eigenvalue weighted by atomic mass is 9.84. The molecule has 1 aromatic carbocycles. The van der Waals surface area contributed by atoms with Gasteiger partial charge in [0.05, 0.1) is 15.7 Å². The van der Waals surface area contributed by atoms with Gasteiger partial charge in [0.2, 0.25) is 0 Å². The first kappa shape index (κ1) is 21.8. The third kappa shape index (κ3) is 3.92. The second-order valence-corrected chi connectivity index (χ2v) is 8.20. The molecule has 29 heavy (non-hydrogen) atoms. The van der Waals surface area contributed by atoms with Crippen molar-refractivity contribution in [2.45, 2.75) is 25.4 Å². The maximum atomic E-state index is 12.9. The zero-order chi connectivity index (χ0) is 18.4. The monoisotopic (exact) mass is 452 g/mol. The highest BCUT2D eigenvalue weighted by Crippen LogP contribution is 2.31. The van der Waals surface area contributed by atoms with Gasteiger partial charge < -0.3 is 15.2 Å². The summed E-state index contributed by atoms with van der Waals surface area (Å²) >= 11 is 1.56. The zero-order valence-corrected chi connectivity index (χ0v) is 18.0. The number of halogens is 2. The summed E-state index contributed by atoms with van der Waals surface area (Å²) in [6.45, 7) is 2.92. The highest BCUT2D eigenvalue weighted by molar-refractivity contribution is 7.16.